The molecule has 0 saturated heterocycles. The van der Waals surface area contributed by atoms with Gasteiger partial charge in [0.2, 0.25) is 5.90 Å². The molecule has 1 amide bonds. The van der Waals surface area contributed by atoms with Gasteiger partial charge < -0.3 is 19.9 Å². The van der Waals surface area contributed by atoms with E-state index in [4.69, 9.17) is 25.1 Å². The molecule has 1 aliphatic rings. The predicted octanol–water partition coefficient (Wildman–Crippen LogP) is 7.71. The third-order valence-electron chi connectivity index (χ3n) is 7.77. The summed E-state index contributed by atoms with van der Waals surface area (Å²) in [4.78, 5) is 22.6. The van der Waals surface area contributed by atoms with Crippen molar-refractivity contribution in [1.29, 1.82) is 0 Å². The average Bonchev–Trinajstić information content (AvgIpc) is 3.49. The first-order chi connectivity index (χ1) is 23.4. The molecule has 48 heavy (non-hydrogen) atoms. The SMILES string of the molecule is [N-]=[N+]=NCc1ccccc1[C@H]1OC(c2ccc(OCCCO)cc2)=N[C@@]1(Cc1ccc(Br)cc1)C(=O)NCCSCc1ccc(F)cc1. The van der Waals surface area contributed by atoms with E-state index in [0.717, 1.165) is 21.2 Å². The minimum absolute atomic E-state index is 0.0424. The maximum atomic E-state index is 14.5. The molecule has 9 nitrogen and oxygen atoms in total. The van der Waals surface area contributed by atoms with Crippen molar-refractivity contribution in [3.05, 3.63) is 146 Å². The van der Waals surface area contributed by atoms with Gasteiger partial charge in [-0.2, -0.15) is 11.8 Å². The van der Waals surface area contributed by atoms with Gasteiger partial charge in [0, 0.05) is 52.4 Å². The molecule has 0 aliphatic carbocycles. The summed E-state index contributed by atoms with van der Waals surface area (Å²) in [7, 11) is 0. The van der Waals surface area contributed by atoms with Gasteiger partial charge in [0.15, 0.2) is 11.6 Å². The molecule has 0 saturated carbocycles. The van der Waals surface area contributed by atoms with E-state index in [0.29, 0.717) is 53.9 Å². The van der Waals surface area contributed by atoms with Gasteiger partial charge in [0.25, 0.3) is 5.91 Å². The van der Waals surface area contributed by atoms with Gasteiger partial charge in [-0.3, -0.25) is 4.79 Å². The highest BCUT2D eigenvalue weighted by Crippen LogP contribution is 2.44. The Morgan fingerprint density at radius 1 is 1.06 bits per heavy atom. The molecule has 12 heteroatoms. The van der Waals surface area contributed by atoms with Crippen LogP contribution in [0.5, 0.6) is 5.75 Å². The quantitative estimate of drug-likeness (QED) is 0.0528. The van der Waals surface area contributed by atoms with Crippen LogP contribution in [0.15, 0.2) is 112 Å². The van der Waals surface area contributed by atoms with Crippen LogP contribution in [0.3, 0.4) is 0 Å². The Kier molecular flexibility index (Phi) is 12.5. The van der Waals surface area contributed by atoms with Gasteiger partial charge in [-0.05, 0) is 76.3 Å². The number of aliphatic hydroxyl groups excluding tert-OH is 1. The fourth-order valence-corrected chi connectivity index (χ4v) is 6.46. The number of benzene rings is 4. The molecule has 2 N–H and O–H groups in total. The Morgan fingerprint density at radius 2 is 1.79 bits per heavy atom. The largest absolute Gasteiger partial charge is 0.494 e. The second-order valence-electron chi connectivity index (χ2n) is 11.1. The number of rotatable bonds is 16. The molecular weight excluding hydrogens is 697 g/mol. The molecule has 0 fully saturated rings. The van der Waals surface area contributed by atoms with Crippen molar-refractivity contribution >= 4 is 39.5 Å². The van der Waals surface area contributed by atoms with Crippen LogP contribution >= 0.6 is 27.7 Å². The molecule has 4 aromatic carbocycles. The summed E-state index contributed by atoms with van der Waals surface area (Å²) in [5.41, 5.74) is 11.7. The zero-order chi connectivity index (χ0) is 33.8. The van der Waals surface area contributed by atoms with Crippen molar-refractivity contribution in [1.82, 2.24) is 5.32 Å². The van der Waals surface area contributed by atoms with Crippen molar-refractivity contribution in [2.75, 3.05) is 25.5 Å². The van der Waals surface area contributed by atoms with E-state index in [1.165, 1.54) is 12.1 Å². The van der Waals surface area contributed by atoms with Gasteiger partial charge in [0.1, 0.15) is 11.6 Å². The number of amides is 1. The van der Waals surface area contributed by atoms with Crippen LogP contribution in [-0.4, -0.2) is 48.0 Å². The summed E-state index contributed by atoms with van der Waals surface area (Å²) in [5.74, 6) is 1.68. The number of azide groups is 1. The van der Waals surface area contributed by atoms with Gasteiger partial charge in [-0.25, -0.2) is 9.38 Å². The zero-order valence-electron chi connectivity index (χ0n) is 26.1. The Morgan fingerprint density at radius 3 is 2.52 bits per heavy atom. The van der Waals surface area contributed by atoms with Gasteiger partial charge in [-0.1, -0.05) is 69.6 Å². The van der Waals surface area contributed by atoms with Crippen LogP contribution in [0.25, 0.3) is 10.4 Å². The maximum absolute atomic E-state index is 14.5. The van der Waals surface area contributed by atoms with E-state index in [1.807, 2.05) is 60.7 Å². The Balaban J connectivity index is 1.48. The number of ether oxygens (including phenoxy) is 2. The fourth-order valence-electron chi connectivity index (χ4n) is 5.37. The molecule has 0 bridgehead atoms. The minimum atomic E-state index is -1.41. The predicted molar refractivity (Wildman–Crippen MR) is 189 cm³/mol. The summed E-state index contributed by atoms with van der Waals surface area (Å²) < 4.78 is 26.6. The molecule has 1 heterocycles. The standard InChI is InChI=1S/C36H35BrFN5O4S/c37-29-12-6-25(7-13-29)22-36(35(45)40-18-21-48-24-26-8-14-30(38)15-9-26)33(32-5-2-1-4-28(32)23-41-43-39)47-34(42-36)27-10-16-31(17-11-27)46-20-3-19-44/h1-2,4-17,33,44H,3,18-24H2,(H,40,45)/t33-,36-/m1/s1. The van der Waals surface area contributed by atoms with E-state index in [2.05, 4.69) is 31.3 Å². The number of nitrogens with one attached hydrogen (secondary N) is 1. The van der Waals surface area contributed by atoms with Crippen molar-refractivity contribution < 1.29 is 23.8 Å². The second-order valence-corrected chi connectivity index (χ2v) is 13.1. The van der Waals surface area contributed by atoms with Crippen LogP contribution in [-0.2, 0) is 28.2 Å². The number of aliphatic imine (C=N–C) groups is 1. The lowest BCUT2D eigenvalue weighted by atomic mass is 9.80. The van der Waals surface area contributed by atoms with Crippen molar-refractivity contribution in [3.8, 4) is 5.75 Å². The van der Waals surface area contributed by atoms with Crippen molar-refractivity contribution in [2.45, 2.75) is 36.8 Å². The van der Waals surface area contributed by atoms with Crippen molar-refractivity contribution in [2.24, 2.45) is 10.1 Å². The first kappa shape index (κ1) is 35.0. The molecule has 1 aliphatic heterocycles. The van der Waals surface area contributed by atoms with Crippen LogP contribution in [0.4, 0.5) is 4.39 Å². The molecule has 2 atom stereocenters. The topological polar surface area (TPSA) is 129 Å². The maximum Gasteiger partial charge on any atom is 0.252 e. The van der Waals surface area contributed by atoms with Crippen LogP contribution < -0.4 is 10.1 Å². The second kappa shape index (κ2) is 17.2. The summed E-state index contributed by atoms with van der Waals surface area (Å²) in [6.07, 6.45) is -0.0812. The Hall–Kier alpha value is -4.35. The number of carbonyl (C=O) groups is 1. The number of hydrogen-bond donors (Lipinski definition) is 2. The molecule has 0 spiro atoms. The fraction of sp³-hybridized carbons (Fsp3) is 0.278. The summed E-state index contributed by atoms with van der Waals surface area (Å²) in [6, 6.07) is 28.9. The third-order valence-corrected chi connectivity index (χ3v) is 9.33. The Bertz CT molecular complexity index is 1750. The summed E-state index contributed by atoms with van der Waals surface area (Å²) in [6.45, 7) is 0.888. The third kappa shape index (κ3) is 8.96. The number of nitrogens with zero attached hydrogens (tertiary/aromatic N) is 4. The van der Waals surface area contributed by atoms with Crippen LogP contribution in [0.1, 0.15) is 40.3 Å². The number of hydrogen-bond acceptors (Lipinski definition) is 7. The van der Waals surface area contributed by atoms with E-state index in [9.17, 15) is 9.18 Å². The number of halogens is 2. The summed E-state index contributed by atoms with van der Waals surface area (Å²) >= 11 is 5.14. The molecule has 0 unspecified atom stereocenters. The van der Waals surface area contributed by atoms with Crippen molar-refractivity contribution in [3.63, 3.8) is 0 Å². The number of thioether (sulfide) groups is 1. The first-order valence-electron chi connectivity index (χ1n) is 15.5. The Labute approximate surface area is 291 Å². The normalized spacial score (nSPS) is 16.8. The molecular formula is C36H35BrFN5O4S. The monoisotopic (exact) mass is 731 g/mol. The van der Waals surface area contributed by atoms with E-state index >= 15 is 0 Å². The van der Waals surface area contributed by atoms with Crippen LogP contribution in [0.2, 0.25) is 0 Å². The molecule has 0 radical (unpaired) electrons. The van der Waals surface area contributed by atoms with Gasteiger partial charge >= 0.3 is 0 Å². The molecule has 0 aromatic heterocycles. The highest BCUT2D eigenvalue weighted by molar-refractivity contribution is 9.10. The molecule has 4 aromatic rings. The average molecular weight is 733 g/mol. The lowest BCUT2D eigenvalue weighted by molar-refractivity contribution is -0.128. The number of carbonyl (C=O) groups excluding carboxylic acids is 1. The highest BCUT2D eigenvalue weighted by Gasteiger charge is 2.53. The minimum Gasteiger partial charge on any atom is -0.494 e. The number of aliphatic hydroxyl groups is 1. The first-order valence-corrected chi connectivity index (χ1v) is 17.4. The lowest BCUT2D eigenvalue weighted by Crippen LogP contribution is -2.50. The van der Waals surface area contributed by atoms with Gasteiger partial charge in [-0.15, -0.1) is 0 Å². The highest BCUT2D eigenvalue weighted by atomic mass is 79.9. The van der Waals surface area contributed by atoms with E-state index in [1.54, 1.807) is 36.0 Å². The van der Waals surface area contributed by atoms with E-state index in [-0.39, 0.29) is 31.3 Å². The van der Waals surface area contributed by atoms with Gasteiger partial charge in [0.05, 0.1) is 13.2 Å². The lowest BCUT2D eigenvalue weighted by Gasteiger charge is -2.32. The smallest absolute Gasteiger partial charge is 0.252 e. The zero-order valence-corrected chi connectivity index (χ0v) is 28.5. The molecule has 5 rings (SSSR count). The van der Waals surface area contributed by atoms with Crippen LogP contribution in [0, 0.1) is 5.82 Å². The molecule has 248 valence electrons. The summed E-state index contributed by atoms with van der Waals surface area (Å²) in [5, 5.41) is 16.0. The van der Waals surface area contributed by atoms with E-state index < -0.39 is 11.6 Å².